The molecule has 0 saturated carbocycles. The Labute approximate surface area is 111 Å². The van der Waals surface area contributed by atoms with Gasteiger partial charge in [-0.05, 0) is 30.9 Å². The van der Waals surface area contributed by atoms with E-state index in [1.165, 1.54) is 10.4 Å². The SMILES string of the molecule is Cc1ccsc1-c1cnc(N(C)CC(C)N)nc1. The molecular formula is C13H18N4S. The maximum absolute atomic E-state index is 5.76. The first-order chi connectivity index (χ1) is 8.58. The summed E-state index contributed by atoms with van der Waals surface area (Å²) in [6.07, 6.45) is 3.75. The van der Waals surface area contributed by atoms with Gasteiger partial charge in [0, 0.05) is 42.5 Å². The molecule has 2 N–H and O–H groups in total. The summed E-state index contributed by atoms with van der Waals surface area (Å²) in [4.78, 5) is 12.0. The van der Waals surface area contributed by atoms with Crippen LogP contribution in [-0.4, -0.2) is 29.6 Å². The molecule has 2 aromatic rings. The summed E-state index contributed by atoms with van der Waals surface area (Å²) >= 11 is 1.71. The molecule has 5 heteroatoms. The second kappa shape index (κ2) is 5.46. The molecule has 1 unspecified atom stereocenters. The molecule has 0 amide bonds. The molecule has 0 radical (unpaired) electrons. The molecule has 0 saturated heterocycles. The van der Waals surface area contributed by atoms with Crippen LogP contribution in [0.3, 0.4) is 0 Å². The van der Waals surface area contributed by atoms with Crippen molar-refractivity contribution in [2.75, 3.05) is 18.5 Å². The minimum Gasteiger partial charge on any atom is -0.342 e. The van der Waals surface area contributed by atoms with Crippen LogP contribution in [0.1, 0.15) is 12.5 Å². The van der Waals surface area contributed by atoms with Crippen LogP contribution >= 0.6 is 11.3 Å². The third-order valence-electron chi connectivity index (χ3n) is 2.67. The second-order valence-corrected chi connectivity index (χ2v) is 5.48. The summed E-state index contributed by atoms with van der Waals surface area (Å²) in [6, 6.07) is 2.22. The highest BCUT2D eigenvalue weighted by atomic mass is 32.1. The molecule has 0 spiro atoms. The molecule has 1 atom stereocenters. The van der Waals surface area contributed by atoms with E-state index in [2.05, 4.69) is 28.3 Å². The normalized spacial score (nSPS) is 12.4. The largest absolute Gasteiger partial charge is 0.342 e. The number of anilines is 1. The Kier molecular flexibility index (Phi) is 3.93. The highest BCUT2D eigenvalue weighted by molar-refractivity contribution is 7.13. The average molecular weight is 262 g/mol. The number of hydrogen-bond acceptors (Lipinski definition) is 5. The predicted octanol–water partition coefficient (Wildman–Crippen LogP) is 2.30. The number of thiophene rings is 1. The van der Waals surface area contributed by atoms with E-state index in [0.717, 1.165) is 12.1 Å². The van der Waals surface area contributed by atoms with Gasteiger partial charge < -0.3 is 10.6 Å². The molecule has 0 aromatic carbocycles. The number of aryl methyl sites for hydroxylation is 1. The minimum atomic E-state index is 0.109. The lowest BCUT2D eigenvalue weighted by Crippen LogP contribution is -2.33. The van der Waals surface area contributed by atoms with Crippen LogP contribution in [-0.2, 0) is 0 Å². The first kappa shape index (κ1) is 13.0. The Morgan fingerprint density at radius 3 is 2.56 bits per heavy atom. The van der Waals surface area contributed by atoms with Crippen molar-refractivity contribution in [2.24, 2.45) is 5.73 Å². The van der Waals surface area contributed by atoms with Crippen molar-refractivity contribution >= 4 is 17.3 Å². The summed E-state index contributed by atoms with van der Waals surface area (Å²) < 4.78 is 0. The number of aromatic nitrogens is 2. The van der Waals surface area contributed by atoms with E-state index < -0.39 is 0 Å². The zero-order valence-corrected chi connectivity index (χ0v) is 11.7. The third kappa shape index (κ3) is 2.86. The van der Waals surface area contributed by atoms with Crippen molar-refractivity contribution in [3.63, 3.8) is 0 Å². The van der Waals surface area contributed by atoms with Crippen LogP contribution in [0.2, 0.25) is 0 Å². The van der Waals surface area contributed by atoms with Gasteiger partial charge in [-0.25, -0.2) is 9.97 Å². The lowest BCUT2D eigenvalue weighted by Gasteiger charge is -2.18. The van der Waals surface area contributed by atoms with E-state index >= 15 is 0 Å². The van der Waals surface area contributed by atoms with E-state index in [4.69, 9.17) is 5.73 Å². The average Bonchev–Trinajstić information content (AvgIpc) is 2.75. The van der Waals surface area contributed by atoms with Gasteiger partial charge in [0.15, 0.2) is 0 Å². The van der Waals surface area contributed by atoms with E-state index in [0.29, 0.717) is 5.95 Å². The van der Waals surface area contributed by atoms with Crippen LogP contribution in [0, 0.1) is 6.92 Å². The number of nitrogens with zero attached hydrogens (tertiary/aromatic N) is 3. The number of hydrogen-bond donors (Lipinski definition) is 1. The van der Waals surface area contributed by atoms with Gasteiger partial charge in [0.1, 0.15) is 0 Å². The summed E-state index contributed by atoms with van der Waals surface area (Å²) in [5, 5.41) is 2.08. The van der Waals surface area contributed by atoms with E-state index in [-0.39, 0.29) is 6.04 Å². The van der Waals surface area contributed by atoms with Crippen molar-refractivity contribution in [3.8, 4) is 10.4 Å². The molecular weight excluding hydrogens is 244 g/mol. The van der Waals surface area contributed by atoms with Crippen molar-refractivity contribution in [3.05, 3.63) is 29.4 Å². The molecule has 2 aromatic heterocycles. The number of rotatable bonds is 4. The first-order valence-corrected chi connectivity index (χ1v) is 6.79. The Hall–Kier alpha value is -1.46. The zero-order valence-electron chi connectivity index (χ0n) is 10.9. The van der Waals surface area contributed by atoms with Crippen molar-refractivity contribution in [1.29, 1.82) is 0 Å². The van der Waals surface area contributed by atoms with Crippen LogP contribution < -0.4 is 10.6 Å². The van der Waals surface area contributed by atoms with Crippen LogP contribution in [0.25, 0.3) is 10.4 Å². The van der Waals surface area contributed by atoms with Crippen molar-refractivity contribution < 1.29 is 0 Å². The molecule has 0 bridgehead atoms. The van der Waals surface area contributed by atoms with Gasteiger partial charge in [-0.2, -0.15) is 0 Å². The first-order valence-electron chi connectivity index (χ1n) is 5.91. The lowest BCUT2D eigenvalue weighted by molar-refractivity contribution is 0.704. The fourth-order valence-electron chi connectivity index (χ4n) is 1.82. The topological polar surface area (TPSA) is 55.0 Å². The minimum absolute atomic E-state index is 0.109. The van der Waals surface area contributed by atoms with Gasteiger partial charge in [0.2, 0.25) is 5.95 Å². The smallest absolute Gasteiger partial charge is 0.225 e. The van der Waals surface area contributed by atoms with E-state index in [1.807, 2.05) is 31.3 Å². The summed E-state index contributed by atoms with van der Waals surface area (Å²) in [5.74, 6) is 0.713. The number of likely N-dealkylation sites (N-methyl/N-ethyl adjacent to an activating group) is 1. The van der Waals surface area contributed by atoms with Crippen LogP contribution in [0.5, 0.6) is 0 Å². The van der Waals surface area contributed by atoms with Gasteiger partial charge >= 0.3 is 0 Å². The molecule has 2 heterocycles. The summed E-state index contributed by atoms with van der Waals surface area (Å²) in [7, 11) is 1.95. The fourth-order valence-corrected chi connectivity index (χ4v) is 2.72. The second-order valence-electron chi connectivity index (χ2n) is 4.56. The van der Waals surface area contributed by atoms with Gasteiger partial charge in [0.25, 0.3) is 0 Å². The standard InChI is InChI=1S/C13H18N4S/c1-9-4-5-18-12(9)11-6-15-13(16-7-11)17(3)8-10(2)14/h4-7,10H,8,14H2,1-3H3. The predicted molar refractivity (Wildman–Crippen MR) is 77.0 cm³/mol. The zero-order chi connectivity index (χ0) is 13.1. The maximum atomic E-state index is 5.76. The Morgan fingerprint density at radius 2 is 2.06 bits per heavy atom. The molecule has 18 heavy (non-hydrogen) atoms. The molecule has 0 fully saturated rings. The molecule has 0 aliphatic carbocycles. The van der Waals surface area contributed by atoms with Gasteiger partial charge in [-0.1, -0.05) is 0 Å². The monoisotopic (exact) mass is 262 g/mol. The van der Waals surface area contributed by atoms with E-state index in [9.17, 15) is 0 Å². The quantitative estimate of drug-likeness (QED) is 0.918. The summed E-state index contributed by atoms with van der Waals surface area (Å²) in [6.45, 7) is 4.82. The molecule has 0 aliphatic rings. The van der Waals surface area contributed by atoms with Crippen molar-refractivity contribution in [2.45, 2.75) is 19.9 Å². The summed E-state index contributed by atoms with van der Waals surface area (Å²) in [5.41, 5.74) is 8.10. The highest BCUT2D eigenvalue weighted by Gasteiger charge is 2.08. The Bertz CT molecular complexity index is 504. The van der Waals surface area contributed by atoms with Crippen molar-refractivity contribution in [1.82, 2.24) is 9.97 Å². The molecule has 0 aliphatic heterocycles. The maximum Gasteiger partial charge on any atom is 0.225 e. The molecule has 2 rings (SSSR count). The van der Waals surface area contributed by atoms with Crippen LogP contribution in [0.4, 0.5) is 5.95 Å². The molecule has 4 nitrogen and oxygen atoms in total. The van der Waals surface area contributed by atoms with Crippen LogP contribution in [0.15, 0.2) is 23.8 Å². The Morgan fingerprint density at radius 1 is 1.39 bits per heavy atom. The Balaban J connectivity index is 2.18. The van der Waals surface area contributed by atoms with E-state index in [1.54, 1.807) is 11.3 Å². The van der Waals surface area contributed by atoms with Gasteiger partial charge in [0.05, 0.1) is 0 Å². The van der Waals surface area contributed by atoms with Gasteiger partial charge in [-0.15, -0.1) is 11.3 Å². The molecule has 96 valence electrons. The third-order valence-corrected chi connectivity index (χ3v) is 3.73. The van der Waals surface area contributed by atoms with Gasteiger partial charge in [-0.3, -0.25) is 0 Å². The lowest BCUT2D eigenvalue weighted by atomic mass is 10.2. The fraction of sp³-hybridized carbons (Fsp3) is 0.385. The highest BCUT2D eigenvalue weighted by Crippen LogP contribution is 2.28. The number of nitrogens with two attached hydrogens (primary N) is 1.